The Morgan fingerprint density at radius 2 is 0.653 bits per heavy atom. The van der Waals surface area contributed by atoms with Gasteiger partial charge >= 0.3 is 0 Å². The summed E-state index contributed by atoms with van der Waals surface area (Å²) in [5.41, 5.74) is 14.5. The summed E-state index contributed by atoms with van der Waals surface area (Å²) in [5.74, 6) is 2.87. The number of oxime groups is 1. The number of phenolic OH excluding ortho intramolecular Hbond substituents is 2. The van der Waals surface area contributed by atoms with Crippen LogP contribution in [0.15, 0.2) is 277 Å². The number of phenols is 2. The summed E-state index contributed by atoms with van der Waals surface area (Å²) in [6.45, 7) is 0. The van der Waals surface area contributed by atoms with Crippen LogP contribution < -0.4 is 29.4 Å². The van der Waals surface area contributed by atoms with E-state index in [2.05, 4.69) is 39.3 Å². The Hall–Kier alpha value is -13.8. The van der Waals surface area contributed by atoms with Crippen LogP contribution in [0.4, 0.5) is 13.2 Å². The lowest BCUT2D eigenvalue weighted by Gasteiger charge is -2.13. The molecule has 0 aliphatic rings. The molecule has 0 aliphatic heterocycles. The molecule has 0 amide bonds. The summed E-state index contributed by atoms with van der Waals surface area (Å²) in [5, 5.41) is 63.6. The molecule has 15 rings (SSSR count). The molecule has 0 unspecified atom stereocenters. The third-order valence-electron chi connectivity index (χ3n) is 16.0. The van der Waals surface area contributed by atoms with E-state index >= 15 is 0 Å². The first-order valence-electron chi connectivity index (χ1n) is 30.8. The minimum atomic E-state index is -0.386. The van der Waals surface area contributed by atoms with Crippen LogP contribution in [-0.2, 0) is 0 Å². The van der Waals surface area contributed by atoms with Gasteiger partial charge in [-0.3, -0.25) is 13.7 Å². The number of nitrogens with zero attached hydrogens (tertiary/aromatic N) is 8. The standard InChI is InChI=1S/C22H15FN2O2.C21H16FN3O3.C21H13FN2O2.C16H11BrN2O/c1-26-17-12-8-16(9-13-17)25-21-5-3-2-4-19(21)20(14-24)22(25)27-18-10-6-15(23)7-11-18;22-13-5-11-16(12-6-13)28-21-19(20(23)24-27)17-3-1-2-4-18(17)25(21)14-7-9-15(26)10-8-14;22-14-5-11-17(12-6-14)26-21-19(13-23)18-3-1-2-4-20(18)24(21)15-7-9-16(25)10-8-15;1-20-12-8-6-11(7-9-12)19-15-5-3-2-4-13(15)14(10-18)16(19)17/h2-13H,1H3;1-12,26-27H,(H2,23,24);1-12,25H;2-9H,1H3. The van der Waals surface area contributed by atoms with E-state index in [0.29, 0.717) is 68.2 Å². The van der Waals surface area contributed by atoms with Crippen molar-refractivity contribution in [3.63, 3.8) is 0 Å². The minimum absolute atomic E-state index is 0.120. The van der Waals surface area contributed by atoms with Crippen molar-refractivity contribution in [1.29, 1.82) is 15.8 Å². The molecule has 101 heavy (non-hydrogen) atoms. The molecule has 21 heteroatoms. The van der Waals surface area contributed by atoms with Crippen LogP contribution in [0.25, 0.3) is 66.4 Å². The molecular formula is C80H55BrF3N9O8. The Bertz CT molecular complexity index is 5650. The maximum atomic E-state index is 13.3. The maximum absolute atomic E-state index is 13.3. The SMILES string of the molecule is COc1ccc(-n2c(Br)c(C#N)c3ccccc32)cc1.COc1ccc(-n2c(Oc3ccc(F)cc3)c(C#N)c3ccccc32)cc1.N#Cc1c(Oc2ccc(F)cc2)n(-c2ccc(O)cc2)c2ccccc12.N/C(=N\O)c1c(Oc2ccc(F)cc2)n(-c2ccc(O)cc2)c2ccccc12. The van der Waals surface area contributed by atoms with Gasteiger partial charge in [-0.25, -0.2) is 13.2 Å². The molecule has 0 saturated carbocycles. The van der Waals surface area contributed by atoms with Crippen LogP contribution in [0, 0.1) is 51.4 Å². The van der Waals surface area contributed by atoms with Crippen LogP contribution in [-0.4, -0.2) is 53.7 Å². The normalized spacial score (nSPS) is 10.9. The molecule has 0 radical (unpaired) electrons. The second-order valence-corrected chi connectivity index (χ2v) is 22.8. The predicted molar refractivity (Wildman–Crippen MR) is 383 cm³/mol. The lowest BCUT2D eigenvalue weighted by atomic mass is 10.1. The number of benzene rings is 11. The summed E-state index contributed by atoms with van der Waals surface area (Å²) < 4.78 is 76.4. The highest BCUT2D eigenvalue weighted by atomic mass is 79.9. The Morgan fingerprint density at radius 1 is 0.376 bits per heavy atom. The fourth-order valence-corrected chi connectivity index (χ4v) is 12.0. The zero-order valence-electron chi connectivity index (χ0n) is 53.5. The van der Waals surface area contributed by atoms with Crippen molar-refractivity contribution < 1.29 is 52.3 Å². The van der Waals surface area contributed by atoms with E-state index in [-0.39, 0.29) is 34.8 Å². The van der Waals surface area contributed by atoms with Crippen molar-refractivity contribution in [3.05, 3.63) is 311 Å². The average Bonchev–Trinajstić information content (AvgIpc) is 1.62. The number of rotatable bonds is 13. The molecule has 0 saturated heterocycles. The molecule has 0 spiro atoms. The van der Waals surface area contributed by atoms with Gasteiger partial charge in [-0.05, 0) is 210 Å². The number of hydrogen-bond acceptors (Lipinski definition) is 12. The van der Waals surface area contributed by atoms with E-state index in [1.54, 1.807) is 71.9 Å². The van der Waals surface area contributed by atoms with Crippen LogP contribution in [0.5, 0.6) is 57.9 Å². The fraction of sp³-hybridized carbons (Fsp3) is 0.0250. The Kier molecular flexibility index (Phi) is 20.0. The van der Waals surface area contributed by atoms with Gasteiger partial charge in [-0.15, -0.1) is 0 Å². The second-order valence-electron chi connectivity index (χ2n) is 22.0. The molecule has 0 bridgehead atoms. The van der Waals surface area contributed by atoms with Crippen molar-refractivity contribution in [2.45, 2.75) is 0 Å². The molecule has 0 fully saturated rings. The second kappa shape index (κ2) is 30.1. The highest BCUT2D eigenvalue weighted by Crippen LogP contribution is 2.42. The Balaban J connectivity index is 0.000000128. The predicted octanol–water partition coefficient (Wildman–Crippen LogP) is 19.2. The van der Waals surface area contributed by atoms with Crippen molar-refractivity contribution in [2.75, 3.05) is 14.2 Å². The highest BCUT2D eigenvalue weighted by Gasteiger charge is 2.26. The third-order valence-corrected chi connectivity index (χ3v) is 16.7. The van der Waals surface area contributed by atoms with E-state index in [1.165, 1.54) is 72.8 Å². The summed E-state index contributed by atoms with van der Waals surface area (Å²) in [4.78, 5) is 0. The lowest BCUT2D eigenvalue weighted by molar-refractivity contribution is 0.318. The number of para-hydroxylation sites is 4. The van der Waals surface area contributed by atoms with Gasteiger partial charge in [0.2, 0.25) is 17.6 Å². The van der Waals surface area contributed by atoms with Crippen molar-refractivity contribution in [3.8, 4) is 98.8 Å². The summed E-state index contributed by atoms with van der Waals surface area (Å²) in [7, 11) is 3.25. The van der Waals surface area contributed by atoms with Gasteiger partial charge in [0.15, 0.2) is 5.84 Å². The Labute approximate surface area is 583 Å². The van der Waals surface area contributed by atoms with Crippen LogP contribution >= 0.6 is 15.9 Å². The summed E-state index contributed by atoms with van der Waals surface area (Å²) in [6.07, 6.45) is 0. The number of aromatic hydroxyl groups is 2. The quantitative estimate of drug-likeness (QED) is 0.0365. The molecule has 11 aromatic carbocycles. The summed E-state index contributed by atoms with van der Waals surface area (Å²) >= 11 is 3.54. The number of amidine groups is 1. The number of fused-ring (bicyclic) bond motifs is 4. The monoisotopic (exact) mass is 1410 g/mol. The lowest BCUT2D eigenvalue weighted by Crippen LogP contribution is -2.14. The molecule has 496 valence electrons. The van der Waals surface area contributed by atoms with E-state index in [4.69, 9.17) is 29.4 Å². The molecule has 4 heterocycles. The molecule has 0 aliphatic carbocycles. The number of aromatic nitrogens is 4. The zero-order chi connectivity index (χ0) is 70.7. The van der Waals surface area contributed by atoms with Gasteiger partial charge in [-0.1, -0.05) is 78.0 Å². The van der Waals surface area contributed by atoms with Crippen LogP contribution in [0.2, 0.25) is 0 Å². The van der Waals surface area contributed by atoms with E-state index < -0.39 is 0 Å². The smallest absolute Gasteiger partial charge is 0.223 e. The van der Waals surface area contributed by atoms with E-state index in [0.717, 1.165) is 71.4 Å². The fourth-order valence-electron chi connectivity index (χ4n) is 11.3. The molecule has 15 aromatic rings. The van der Waals surface area contributed by atoms with Gasteiger partial charge in [0.05, 0.1) is 47.4 Å². The molecule has 0 atom stereocenters. The molecule has 5 N–H and O–H groups in total. The topological polar surface area (TPSA) is 236 Å². The average molecular weight is 1410 g/mol. The third kappa shape index (κ3) is 14.1. The van der Waals surface area contributed by atoms with Crippen molar-refractivity contribution in [1.82, 2.24) is 18.3 Å². The number of ether oxygens (including phenoxy) is 5. The minimum Gasteiger partial charge on any atom is -0.508 e. The summed E-state index contributed by atoms with van der Waals surface area (Å²) in [6, 6.07) is 82.3. The number of hydrogen-bond donors (Lipinski definition) is 4. The first-order chi connectivity index (χ1) is 49.2. The highest BCUT2D eigenvalue weighted by molar-refractivity contribution is 9.10. The van der Waals surface area contributed by atoms with Gasteiger partial charge < -0.3 is 49.4 Å². The van der Waals surface area contributed by atoms with Crippen LogP contribution in [0.1, 0.15) is 22.3 Å². The van der Waals surface area contributed by atoms with Gasteiger partial charge in [0.1, 0.15) is 91.6 Å². The molecule has 4 aromatic heterocycles. The number of halogens is 4. The first-order valence-corrected chi connectivity index (χ1v) is 31.6. The molecular weight excluding hydrogens is 1350 g/mol. The van der Waals surface area contributed by atoms with Gasteiger partial charge in [0.25, 0.3) is 0 Å². The van der Waals surface area contributed by atoms with Gasteiger partial charge in [-0.2, -0.15) is 15.8 Å². The molecule has 17 nitrogen and oxygen atoms in total. The largest absolute Gasteiger partial charge is 0.508 e. The Morgan fingerprint density at radius 3 is 1.00 bits per heavy atom. The van der Waals surface area contributed by atoms with E-state index in [1.807, 2.05) is 155 Å². The maximum Gasteiger partial charge on any atom is 0.223 e. The van der Waals surface area contributed by atoms with Crippen LogP contribution in [0.3, 0.4) is 0 Å². The number of nitriles is 3. The first kappa shape index (κ1) is 67.2. The van der Waals surface area contributed by atoms with Gasteiger partial charge in [0, 0.05) is 44.3 Å². The number of methoxy groups -OCH3 is 2. The van der Waals surface area contributed by atoms with Crippen molar-refractivity contribution in [2.24, 2.45) is 10.9 Å². The van der Waals surface area contributed by atoms with Crippen molar-refractivity contribution >= 4 is 65.4 Å². The zero-order valence-corrected chi connectivity index (χ0v) is 55.0. The van der Waals surface area contributed by atoms with E-state index in [9.17, 15) is 44.4 Å². The number of nitrogens with two attached hydrogens (primary N) is 1.